The van der Waals surface area contributed by atoms with E-state index in [2.05, 4.69) is 0 Å². The van der Waals surface area contributed by atoms with E-state index in [1.165, 1.54) is 9.21 Å². The summed E-state index contributed by atoms with van der Waals surface area (Å²) in [5, 5.41) is -0.635. The van der Waals surface area contributed by atoms with E-state index in [-0.39, 0.29) is 25.6 Å². The van der Waals surface area contributed by atoms with E-state index in [1.54, 1.807) is 0 Å². The lowest BCUT2D eigenvalue weighted by Crippen LogP contribution is -2.50. The maximum absolute atomic E-state index is 13.1. The number of carbonyl (C=O) groups is 1. The number of benzene rings is 1. The molecule has 1 aromatic carbocycles. The van der Waals surface area contributed by atoms with Gasteiger partial charge in [-0.1, -0.05) is 37.3 Å². The van der Waals surface area contributed by atoms with Crippen LogP contribution in [0.4, 0.5) is 4.79 Å². The first-order chi connectivity index (χ1) is 13.4. The van der Waals surface area contributed by atoms with Gasteiger partial charge in [-0.05, 0) is 24.3 Å². The van der Waals surface area contributed by atoms with Gasteiger partial charge in [0.15, 0.2) is 0 Å². The highest BCUT2D eigenvalue weighted by Crippen LogP contribution is 2.23. The summed E-state index contributed by atoms with van der Waals surface area (Å²) in [6.07, 6.45) is 0.674. The SMILES string of the molecule is C[C@@H]1CN(S(=O)(=O)[C@H]2CCCN(C(=O)OCc3ccccc3)C2)CC[S@](=O)C1. The van der Waals surface area contributed by atoms with Crippen molar-refractivity contribution < 1.29 is 22.2 Å². The Balaban J connectivity index is 1.61. The molecule has 28 heavy (non-hydrogen) atoms. The third kappa shape index (κ3) is 5.33. The van der Waals surface area contributed by atoms with Crippen LogP contribution in [0.3, 0.4) is 0 Å². The van der Waals surface area contributed by atoms with Crippen molar-refractivity contribution in [1.29, 1.82) is 0 Å². The normalized spacial score (nSPS) is 27.2. The molecule has 3 atom stereocenters. The van der Waals surface area contributed by atoms with Gasteiger partial charge in [-0.3, -0.25) is 4.21 Å². The van der Waals surface area contributed by atoms with Crippen LogP contribution in [0, 0.1) is 5.92 Å². The molecule has 2 aliphatic rings. The molecule has 7 nitrogen and oxygen atoms in total. The van der Waals surface area contributed by atoms with Crippen LogP contribution < -0.4 is 0 Å². The topological polar surface area (TPSA) is 84.0 Å². The molecule has 0 saturated carbocycles. The summed E-state index contributed by atoms with van der Waals surface area (Å²) in [5.74, 6) is 0.974. The molecular formula is C19H28N2O5S2. The molecule has 2 saturated heterocycles. The van der Waals surface area contributed by atoms with Crippen molar-refractivity contribution in [1.82, 2.24) is 9.21 Å². The molecule has 9 heteroatoms. The first-order valence-corrected chi connectivity index (χ1v) is 12.6. The number of hydrogen-bond acceptors (Lipinski definition) is 5. The zero-order valence-electron chi connectivity index (χ0n) is 16.2. The highest BCUT2D eigenvalue weighted by molar-refractivity contribution is 7.90. The lowest BCUT2D eigenvalue weighted by atomic mass is 10.1. The summed E-state index contributed by atoms with van der Waals surface area (Å²) in [4.78, 5) is 13.9. The minimum atomic E-state index is -3.55. The molecule has 0 bridgehead atoms. The van der Waals surface area contributed by atoms with Crippen LogP contribution in [0.5, 0.6) is 0 Å². The van der Waals surface area contributed by atoms with E-state index in [9.17, 15) is 17.4 Å². The van der Waals surface area contributed by atoms with Crippen molar-refractivity contribution >= 4 is 26.9 Å². The van der Waals surface area contributed by atoms with Gasteiger partial charge < -0.3 is 9.64 Å². The Morgan fingerprint density at radius 3 is 2.71 bits per heavy atom. The van der Waals surface area contributed by atoms with Crippen molar-refractivity contribution in [3.63, 3.8) is 0 Å². The van der Waals surface area contributed by atoms with Gasteiger partial charge in [0.25, 0.3) is 0 Å². The maximum atomic E-state index is 13.1. The van der Waals surface area contributed by atoms with E-state index in [4.69, 9.17) is 4.74 Å². The largest absolute Gasteiger partial charge is 0.445 e. The molecule has 3 rings (SSSR count). The molecule has 2 fully saturated rings. The van der Waals surface area contributed by atoms with Gasteiger partial charge >= 0.3 is 6.09 Å². The summed E-state index contributed by atoms with van der Waals surface area (Å²) >= 11 is 0. The molecule has 0 aliphatic carbocycles. The van der Waals surface area contributed by atoms with Crippen molar-refractivity contribution in [3.05, 3.63) is 35.9 Å². The smallest absolute Gasteiger partial charge is 0.410 e. The Kier molecular flexibility index (Phi) is 7.11. The predicted molar refractivity (Wildman–Crippen MR) is 109 cm³/mol. The van der Waals surface area contributed by atoms with Crippen LogP contribution in [-0.4, -0.2) is 70.9 Å². The molecule has 2 heterocycles. The zero-order valence-corrected chi connectivity index (χ0v) is 17.8. The van der Waals surface area contributed by atoms with Crippen molar-refractivity contribution in [3.8, 4) is 0 Å². The summed E-state index contributed by atoms with van der Waals surface area (Å²) in [6, 6.07) is 9.40. The van der Waals surface area contributed by atoms with Crippen molar-refractivity contribution in [2.75, 3.05) is 37.7 Å². The minimum absolute atomic E-state index is 0.0636. The van der Waals surface area contributed by atoms with Gasteiger partial charge in [0.2, 0.25) is 10.0 Å². The molecule has 0 unspecified atom stereocenters. The number of amides is 1. The number of hydrogen-bond donors (Lipinski definition) is 0. The summed E-state index contributed by atoms with van der Waals surface area (Å²) < 4.78 is 45.0. The van der Waals surface area contributed by atoms with Crippen LogP contribution >= 0.6 is 0 Å². The number of sulfonamides is 1. The molecule has 0 aromatic heterocycles. The quantitative estimate of drug-likeness (QED) is 0.730. The second-order valence-electron chi connectivity index (χ2n) is 7.57. The van der Waals surface area contributed by atoms with Crippen LogP contribution in [0.25, 0.3) is 0 Å². The molecule has 156 valence electrons. The van der Waals surface area contributed by atoms with Gasteiger partial charge in [0, 0.05) is 48.5 Å². The van der Waals surface area contributed by atoms with Gasteiger partial charge in [-0.25, -0.2) is 17.5 Å². The Labute approximate surface area is 169 Å². The monoisotopic (exact) mass is 428 g/mol. The average Bonchev–Trinajstić information content (AvgIpc) is 2.87. The van der Waals surface area contributed by atoms with Gasteiger partial charge in [0.1, 0.15) is 6.61 Å². The average molecular weight is 429 g/mol. The molecular weight excluding hydrogens is 400 g/mol. The second kappa shape index (κ2) is 9.37. The number of piperidine rings is 1. The van der Waals surface area contributed by atoms with Gasteiger partial charge in [0.05, 0.1) is 5.25 Å². The maximum Gasteiger partial charge on any atom is 0.410 e. The summed E-state index contributed by atoms with van der Waals surface area (Å²) in [5.41, 5.74) is 0.892. The second-order valence-corrected chi connectivity index (χ2v) is 11.4. The minimum Gasteiger partial charge on any atom is -0.445 e. The standard InChI is InChI=1S/C19H28N2O5S2/c1-16-12-21(10-11-27(23)15-16)28(24,25)18-8-5-9-20(13-18)19(22)26-14-17-6-3-2-4-7-17/h2-4,6-7,16,18H,5,8-15H2,1H3/t16-,18+,27+/m1/s1. The fourth-order valence-corrected chi connectivity index (χ4v) is 7.20. The lowest BCUT2D eigenvalue weighted by Gasteiger charge is -2.34. The van der Waals surface area contributed by atoms with Gasteiger partial charge in [-0.15, -0.1) is 0 Å². The van der Waals surface area contributed by atoms with E-state index >= 15 is 0 Å². The molecule has 1 aromatic rings. The Morgan fingerprint density at radius 1 is 1.21 bits per heavy atom. The number of nitrogens with zero attached hydrogens (tertiary/aromatic N) is 2. The predicted octanol–water partition coefficient (Wildman–Crippen LogP) is 1.82. The van der Waals surface area contributed by atoms with E-state index in [0.29, 0.717) is 37.4 Å². The lowest BCUT2D eigenvalue weighted by molar-refractivity contribution is 0.0896. The van der Waals surface area contributed by atoms with Gasteiger partial charge in [-0.2, -0.15) is 0 Å². The first-order valence-electron chi connectivity index (χ1n) is 9.66. The van der Waals surface area contributed by atoms with Crippen LogP contribution in [-0.2, 0) is 32.2 Å². The van der Waals surface area contributed by atoms with E-state index in [1.807, 2.05) is 37.3 Å². The van der Waals surface area contributed by atoms with Crippen LogP contribution in [0.2, 0.25) is 0 Å². The van der Waals surface area contributed by atoms with Crippen LogP contribution in [0.1, 0.15) is 25.3 Å². The molecule has 2 aliphatic heterocycles. The molecule has 0 N–H and O–H groups in total. The molecule has 1 amide bonds. The fourth-order valence-electron chi connectivity index (χ4n) is 3.70. The third-order valence-electron chi connectivity index (χ3n) is 5.18. The number of ether oxygens (including phenoxy) is 1. The Hall–Kier alpha value is -1.45. The summed E-state index contributed by atoms with van der Waals surface area (Å²) in [7, 11) is -4.52. The Bertz CT molecular complexity index is 800. The van der Waals surface area contributed by atoms with E-state index in [0.717, 1.165) is 5.56 Å². The zero-order chi connectivity index (χ0) is 20.1. The third-order valence-corrected chi connectivity index (χ3v) is 9.03. The Morgan fingerprint density at radius 2 is 1.96 bits per heavy atom. The number of rotatable bonds is 4. The number of likely N-dealkylation sites (tertiary alicyclic amines) is 1. The molecule has 0 radical (unpaired) electrons. The highest BCUT2D eigenvalue weighted by atomic mass is 32.2. The van der Waals surface area contributed by atoms with Crippen molar-refractivity contribution in [2.45, 2.75) is 31.6 Å². The summed E-state index contributed by atoms with van der Waals surface area (Å²) in [6.45, 7) is 3.42. The van der Waals surface area contributed by atoms with Crippen LogP contribution in [0.15, 0.2) is 30.3 Å². The van der Waals surface area contributed by atoms with Crippen molar-refractivity contribution in [2.24, 2.45) is 5.92 Å². The fraction of sp³-hybridized carbons (Fsp3) is 0.632. The van der Waals surface area contributed by atoms with E-state index < -0.39 is 32.2 Å². The number of carbonyl (C=O) groups excluding carboxylic acids is 1. The highest BCUT2D eigenvalue weighted by Gasteiger charge is 2.38. The molecule has 0 spiro atoms. The first kappa shape index (κ1) is 21.3.